The second-order valence-corrected chi connectivity index (χ2v) is 12.6. The molecular weight excluding hydrogens is 536 g/mol. The van der Waals surface area contributed by atoms with Gasteiger partial charge in [-0.2, -0.15) is 0 Å². The van der Waals surface area contributed by atoms with Gasteiger partial charge in [-0.1, -0.05) is 128 Å². The Kier molecular flexibility index (Phi) is 21.3. The number of hydrogen-bond donors (Lipinski definition) is 1. The third-order valence-corrected chi connectivity index (χ3v) is 8.97. The van der Waals surface area contributed by atoms with Crippen LogP contribution in [0.2, 0.25) is 0 Å². The van der Waals surface area contributed by atoms with Crippen LogP contribution in [-0.2, 0) is 11.2 Å². The standard InChI is InChI=1S/C21H26ClN.C14H31N.C3H4O/c1-14-12-19(22)15(2)21(14)18-10-8-17(9-11-18)20(23)13-16-6-4-3-5-7-16;1-4-7-8-9-10-11-14-15(12-5-2)13-6-3;1-2-3-4/h3-11,14-15,19-21H,12-13,23H2,1-2H3;4-14H2,1-3H3;2-3H,1H2. The van der Waals surface area contributed by atoms with Crippen molar-refractivity contribution < 1.29 is 4.79 Å². The summed E-state index contributed by atoms with van der Waals surface area (Å²) in [7, 11) is 0. The number of nitrogens with two attached hydrogens (primary N) is 1. The molecule has 2 aromatic carbocycles. The summed E-state index contributed by atoms with van der Waals surface area (Å²) >= 11 is 6.45. The van der Waals surface area contributed by atoms with Crippen LogP contribution in [0, 0.1) is 11.8 Å². The molecule has 236 valence electrons. The number of alkyl halides is 1. The van der Waals surface area contributed by atoms with Crippen molar-refractivity contribution in [2.24, 2.45) is 17.6 Å². The topological polar surface area (TPSA) is 46.3 Å². The first-order valence-electron chi connectivity index (χ1n) is 16.6. The molecule has 0 radical (unpaired) electrons. The Bertz CT molecular complexity index is 920. The molecule has 5 atom stereocenters. The maximum Gasteiger partial charge on any atom is 0.142 e. The van der Waals surface area contributed by atoms with Gasteiger partial charge in [-0.15, -0.1) is 11.6 Å². The molecule has 3 rings (SSSR count). The first kappa shape index (κ1) is 38.1. The normalized spacial score (nSPS) is 20.2. The van der Waals surface area contributed by atoms with Crippen LogP contribution in [0.4, 0.5) is 0 Å². The monoisotopic (exact) mass is 596 g/mol. The number of allylic oxidation sites excluding steroid dienone is 1. The summed E-state index contributed by atoms with van der Waals surface area (Å²) in [6, 6.07) is 19.4. The lowest BCUT2D eigenvalue weighted by Gasteiger charge is -2.22. The fraction of sp³-hybridized carbons (Fsp3) is 0.605. The summed E-state index contributed by atoms with van der Waals surface area (Å²) in [6.07, 6.45) is 14.9. The van der Waals surface area contributed by atoms with Gasteiger partial charge in [0.1, 0.15) is 6.29 Å². The van der Waals surface area contributed by atoms with Crippen molar-refractivity contribution in [1.29, 1.82) is 0 Å². The molecule has 0 heterocycles. The predicted octanol–water partition coefficient (Wildman–Crippen LogP) is 10.1. The van der Waals surface area contributed by atoms with Crippen molar-refractivity contribution in [1.82, 2.24) is 4.90 Å². The quantitative estimate of drug-likeness (QED) is 0.0907. The fourth-order valence-electron chi connectivity index (χ4n) is 6.13. The summed E-state index contributed by atoms with van der Waals surface area (Å²) in [4.78, 5) is 11.7. The second-order valence-electron chi connectivity index (χ2n) is 12.1. The van der Waals surface area contributed by atoms with Crippen LogP contribution in [0.3, 0.4) is 0 Å². The zero-order chi connectivity index (χ0) is 31.2. The van der Waals surface area contributed by atoms with E-state index in [9.17, 15) is 0 Å². The van der Waals surface area contributed by atoms with Gasteiger partial charge in [-0.05, 0) is 92.3 Å². The average molecular weight is 597 g/mol. The highest BCUT2D eigenvalue weighted by Gasteiger charge is 2.37. The molecule has 3 nitrogen and oxygen atoms in total. The number of hydrogen-bond acceptors (Lipinski definition) is 3. The van der Waals surface area contributed by atoms with Gasteiger partial charge in [0.05, 0.1) is 0 Å². The molecule has 0 aliphatic heterocycles. The van der Waals surface area contributed by atoms with Crippen LogP contribution >= 0.6 is 11.6 Å². The molecule has 1 aliphatic rings. The van der Waals surface area contributed by atoms with Crippen LogP contribution in [0.5, 0.6) is 0 Å². The molecule has 0 saturated heterocycles. The number of carbonyl (C=O) groups excluding carboxylic acids is 1. The first-order chi connectivity index (χ1) is 20.3. The molecule has 0 spiro atoms. The Balaban J connectivity index is 0.000000402. The van der Waals surface area contributed by atoms with Gasteiger partial charge in [0.25, 0.3) is 0 Å². The van der Waals surface area contributed by atoms with E-state index in [0.717, 1.165) is 12.8 Å². The maximum absolute atomic E-state index is 9.06. The van der Waals surface area contributed by atoms with Crippen molar-refractivity contribution in [2.45, 2.75) is 116 Å². The Morgan fingerprint density at radius 2 is 1.45 bits per heavy atom. The van der Waals surface area contributed by atoms with Gasteiger partial charge in [0, 0.05) is 11.4 Å². The SMILES string of the molecule is C=CC=O.CC1CC(Cl)C(C)C1c1ccc(C(N)Cc2ccccc2)cc1.CCCCCCCCN(CCC)CCC. The third kappa shape index (κ3) is 15.0. The highest BCUT2D eigenvalue weighted by molar-refractivity contribution is 6.21. The highest BCUT2D eigenvalue weighted by atomic mass is 35.5. The van der Waals surface area contributed by atoms with Crippen molar-refractivity contribution in [3.8, 4) is 0 Å². The van der Waals surface area contributed by atoms with E-state index >= 15 is 0 Å². The fourth-order valence-corrected chi connectivity index (χ4v) is 6.56. The molecule has 1 aliphatic carbocycles. The van der Waals surface area contributed by atoms with Gasteiger partial charge in [-0.3, -0.25) is 4.79 Å². The Hall–Kier alpha value is -1.94. The van der Waals surface area contributed by atoms with E-state index in [-0.39, 0.29) is 6.04 Å². The number of aldehydes is 1. The van der Waals surface area contributed by atoms with Gasteiger partial charge >= 0.3 is 0 Å². The zero-order valence-corrected chi connectivity index (χ0v) is 28.2. The molecule has 2 N–H and O–H groups in total. The third-order valence-electron chi connectivity index (χ3n) is 8.40. The van der Waals surface area contributed by atoms with Crippen molar-refractivity contribution in [3.63, 3.8) is 0 Å². The summed E-state index contributed by atoms with van der Waals surface area (Å²) in [5.74, 6) is 1.75. The molecule has 1 saturated carbocycles. The number of nitrogens with zero attached hydrogens (tertiary/aromatic N) is 1. The molecular formula is C38H61ClN2O. The molecule has 1 fully saturated rings. The number of unbranched alkanes of at least 4 members (excludes halogenated alkanes) is 5. The Labute approximate surface area is 264 Å². The van der Waals surface area contributed by atoms with Crippen LogP contribution in [0.15, 0.2) is 67.3 Å². The van der Waals surface area contributed by atoms with Crippen LogP contribution in [0.1, 0.15) is 121 Å². The second kappa shape index (κ2) is 23.5. The van der Waals surface area contributed by atoms with E-state index in [0.29, 0.717) is 29.4 Å². The van der Waals surface area contributed by atoms with Gasteiger partial charge in [0.2, 0.25) is 0 Å². The van der Waals surface area contributed by atoms with Gasteiger partial charge in [-0.25, -0.2) is 0 Å². The molecule has 2 aromatic rings. The van der Waals surface area contributed by atoms with E-state index in [1.807, 2.05) is 6.07 Å². The average Bonchev–Trinajstić information content (AvgIpc) is 3.26. The predicted molar refractivity (Wildman–Crippen MR) is 186 cm³/mol. The van der Waals surface area contributed by atoms with E-state index in [2.05, 4.69) is 94.6 Å². The van der Waals surface area contributed by atoms with E-state index in [4.69, 9.17) is 22.1 Å². The Morgan fingerprint density at radius 3 is 1.95 bits per heavy atom. The minimum atomic E-state index is 0.0469. The van der Waals surface area contributed by atoms with E-state index < -0.39 is 0 Å². The minimum Gasteiger partial charge on any atom is -0.324 e. The lowest BCUT2D eigenvalue weighted by Crippen LogP contribution is -2.26. The molecule has 5 unspecified atom stereocenters. The number of halogens is 1. The number of carbonyl (C=O) groups is 1. The van der Waals surface area contributed by atoms with Crippen molar-refractivity contribution >= 4 is 17.9 Å². The summed E-state index contributed by atoms with van der Waals surface area (Å²) in [5.41, 5.74) is 10.3. The lowest BCUT2D eigenvalue weighted by atomic mass is 9.84. The van der Waals surface area contributed by atoms with Crippen molar-refractivity contribution in [2.75, 3.05) is 19.6 Å². The smallest absolute Gasteiger partial charge is 0.142 e. The van der Waals surface area contributed by atoms with Gasteiger partial charge < -0.3 is 10.6 Å². The number of rotatable bonds is 16. The molecule has 42 heavy (non-hydrogen) atoms. The van der Waals surface area contributed by atoms with Crippen LogP contribution in [0.25, 0.3) is 0 Å². The van der Waals surface area contributed by atoms with E-state index in [1.165, 1.54) is 93.8 Å². The summed E-state index contributed by atoms with van der Waals surface area (Å²) in [6.45, 7) is 18.5. The zero-order valence-electron chi connectivity index (χ0n) is 27.4. The Morgan fingerprint density at radius 1 is 0.881 bits per heavy atom. The lowest BCUT2D eigenvalue weighted by molar-refractivity contribution is -0.104. The molecule has 0 aromatic heterocycles. The first-order valence-corrected chi connectivity index (χ1v) is 17.1. The van der Waals surface area contributed by atoms with E-state index in [1.54, 1.807) is 0 Å². The highest BCUT2D eigenvalue weighted by Crippen LogP contribution is 2.46. The summed E-state index contributed by atoms with van der Waals surface area (Å²) in [5, 5.41) is 0.301. The maximum atomic E-state index is 9.06. The molecule has 0 bridgehead atoms. The summed E-state index contributed by atoms with van der Waals surface area (Å²) < 4.78 is 0. The molecule has 4 heteroatoms. The molecule has 0 amide bonds. The minimum absolute atomic E-state index is 0.0469. The largest absolute Gasteiger partial charge is 0.324 e. The van der Waals surface area contributed by atoms with Crippen molar-refractivity contribution in [3.05, 3.63) is 83.9 Å². The van der Waals surface area contributed by atoms with Gasteiger partial charge in [0.15, 0.2) is 0 Å². The van der Waals surface area contributed by atoms with Crippen LogP contribution in [-0.4, -0.2) is 36.2 Å². The number of benzene rings is 2. The van der Waals surface area contributed by atoms with Crippen LogP contribution < -0.4 is 5.73 Å².